The van der Waals surface area contributed by atoms with E-state index < -0.39 is 4.92 Å². The van der Waals surface area contributed by atoms with Gasteiger partial charge in [-0.2, -0.15) is 0 Å². The van der Waals surface area contributed by atoms with Crippen LogP contribution < -0.4 is 19.5 Å². The minimum Gasteiger partial charge on any atom is -0.497 e. The molecule has 160 valence electrons. The number of ether oxygens (including phenoxy) is 3. The maximum absolute atomic E-state index is 12.5. The maximum Gasteiger partial charge on any atom is 0.313 e. The molecule has 0 aliphatic heterocycles. The van der Waals surface area contributed by atoms with E-state index in [4.69, 9.17) is 25.8 Å². The largest absolute Gasteiger partial charge is 0.497 e. The van der Waals surface area contributed by atoms with Crippen molar-refractivity contribution in [3.05, 3.63) is 86.9 Å². The van der Waals surface area contributed by atoms with Crippen LogP contribution in [0.1, 0.15) is 15.9 Å². The molecule has 8 nitrogen and oxygen atoms in total. The Bertz CT molecular complexity index is 1120. The standard InChI is InChI=1S/C22H19ClN2O6/c1-29-17-5-3-4-14(10-17)13-24-22(26)15-6-8-20(21(11-15)30-2)31-19-9-7-16(23)12-18(19)25(27)28/h3-12H,13H2,1-2H3,(H,24,26). The normalized spacial score (nSPS) is 10.3. The Balaban J connectivity index is 1.76. The first-order chi connectivity index (χ1) is 14.9. The fraction of sp³-hybridized carbons (Fsp3) is 0.136. The predicted molar refractivity (Wildman–Crippen MR) is 115 cm³/mol. The molecule has 1 N–H and O–H groups in total. The van der Waals surface area contributed by atoms with Gasteiger partial charge < -0.3 is 19.5 Å². The van der Waals surface area contributed by atoms with Gasteiger partial charge in [0.2, 0.25) is 5.75 Å². The summed E-state index contributed by atoms with van der Waals surface area (Å²) in [5.74, 6) is 0.856. The molecule has 1 amide bonds. The Kier molecular flexibility index (Phi) is 6.94. The van der Waals surface area contributed by atoms with Crippen molar-refractivity contribution >= 4 is 23.2 Å². The first kappa shape index (κ1) is 21.9. The van der Waals surface area contributed by atoms with E-state index in [2.05, 4.69) is 5.32 Å². The number of hydrogen-bond donors (Lipinski definition) is 1. The zero-order valence-electron chi connectivity index (χ0n) is 16.8. The molecule has 0 aliphatic carbocycles. The molecule has 0 radical (unpaired) electrons. The summed E-state index contributed by atoms with van der Waals surface area (Å²) >= 11 is 5.83. The average Bonchev–Trinajstić information content (AvgIpc) is 2.78. The predicted octanol–water partition coefficient (Wildman–Crippen LogP) is 4.99. The molecule has 31 heavy (non-hydrogen) atoms. The molecule has 3 aromatic rings. The molecule has 0 atom stereocenters. The maximum atomic E-state index is 12.5. The number of nitro benzene ring substituents is 1. The summed E-state index contributed by atoms with van der Waals surface area (Å²) in [6.45, 7) is 0.313. The minimum absolute atomic E-state index is 0.00271. The molecule has 9 heteroatoms. The lowest BCUT2D eigenvalue weighted by Gasteiger charge is -2.12. The van der Waals surface area contributed by atoms with Gasteiger partial charge in [0, 0.05) is 23.2 Å². The van der Waals surface area contributed by atoms with Crippen LogP contribution >= 0.6 is 11.6 Å². The van der Waals surface area contributed by atoms with E-state index in [9.17, 15) is 14.9 Å². The van der Waals surface area contributed by atoms with Gasteiger partial charge in [-0.05, 0) is 48.0 Å². The van der Waals surface area contributed by atoms with Crippen molar-refractivity contribution in [2.75, 3.05) is 14.2 Å². The van der Waals surface area contributed by atoms with E-state index >= 15 is 0 Å². The van der Waals surface area contributed by atoms with Crippen LogP contribution in [0.25, 0.3) is 0 Å². The molecule has 0 fully saturated rings. The monoisotopic (exact) mass is 442 g/mol. The molecule has 3 rings (SSSR count). The average molecular weight is 443 g/mol. The van der Waals surface area contributed by atoms with Crippen molar-refractivity contribution < 1.29 is 23.9 Å². The third-order valence-corrected chi connectivity index (χ3v) is 4.59. The first-order valence-electron chi connectivity index (χ1n) is 9.12. The smallest absolute Gasteiger partial charge is 0.313 e. The number of halogens is 1. The van der Waals surface area contributed by atoms with Crippen LogP contribution in [0.4, 0.5) is 5.69 Å². The molecule has 0 unspecified atom stereocenters. The number of rotatable bonds is 8. The highest BCUT2D eigenvalue weighted by Gasteiger charge is 2.19. The Morgan fingerprint density at radius 2 is 1.77 bits per heavy atom. The Morgan fingerprint density at radius 3 is 2.48 bits per heavy atom. The lowest BCUT2D eigenvalue weighted by Crippen LogP contribution is -2.22. The highest BCUT2D eigenvalue weighted by Crippen LogP contribution is 2.37. The minimum atomic E-state index is -0.589. The quantitative estimate of drug-likeness (QED) is 0.389. The molecule has 0 aromatic heterocycles. The van der Waals surface area contributed by atoms with Gasteiger partial charge >= 0.3 is 5.69 Å². The van der Waals surface area contributed by atoms with Crippen LogP contribution in [-0.4, -0.2) is 25.1 Å². The highest BCUT2D eigenvalue weighted by atomic mass is 35.5. The van der Waals surface area contributed by atoms with E-state index in [1.165, 1.54) is 37.4 Å². The summed E-state index contributed by atoms with van der Waals surface area (Å²) in [5.41, 5.74) is 0.946. The number of nitrogens with zero attached hydrogens (tertiary/aromatic N) is 1. The third-order valence-electron chi connectivity index (χ3n) is 4.35. The fourth-order valence-corrected chi connectivity index (χ4v) is 2.96. The second-order valence-corrected chi connectivity index (χ2v) is 6.81. The van der Waals surface area contributed by atoms with Gasteiger partial charge in [0.25, 0.3) is 5.91 Å². The SMILES string of the molecule is COc1cccc(CNC(=O)c2ccc(Oc3ccc(Cl)cc3[N+](=O)[O-])c(OC)c2)c1. The zero-order valence-corrected chi connectivity index (χ0v) is 17.5. The van der Waals surface area contributed by atoms with Crippen molar-refractivity contribution in [2.45, 2.75) is 6.54 Å². The van der Waals surface area contributed by atoms with E-state index in [1.807, 2.05) is 24.3 Å². The van der Waals surface area contributed by atoms with E-state index in [0.717, 1.165) is 5.56 Å². The molecule has 0 aliphatic rings. The van der Waals surface area contributed by atoms with Gasteiger partial charge in [-0.1, -0.05) is 23.7 Å². The number of methoxy groups -OCH3 is 2. The van der Waals surface area contributed by atoms with E-state index in [1.54, 1.807) is 13.2 Å². The number of carbonyl (C=O) groups is 1. The molecule has 0 saturated carbocycles. The summed E-state index contributed by atoms with van der Waals surface area (Å²) in [7, 11) is 2.99. The van der Waals surface area contributed by atoms with Crippen LogP contribution in [0.15, 0.2) is 60.7 Å². The van der Waals surface area contributed by atoms with Crippen molar-refractivity contribution in [3.8, 4) is 23.0 Å². The number of hydrogen-bond acceptors (Lipinski definition) is 6. The van der Waals surface area contributed by atoms with Crippen molar-refractivity contribution in [3.63, 3.8) is 0 Å². The molecule has 0 spiro atoms. The Hall–Kier alpha value is -3.78. The zero-order chi connectivity index (χ0) is 22.4. The highest BCUT2D eigenvalue weighted by molar-refractivity contribution is 6.30. The summed E-state index contributed by atoms with van der Waals surface area (Å²) in [6.07, 6.45) is 0. The Labute approximate surface area is 183 Å². The lowest BCUT2D eigenvalue weighted by atomic mass is 10.1. The van der Waals surface area contributed by atoms with Gasteiger partial charge in [0.15, 0.2) is 11.5 Å². The van der Waals surface area contributed by atoms with Crippen LogP contribution in [-0.2, 0) is 6.54 Å². The van der Waals surface area contributed by atoms with Gasteiger partial charge in [0.1, 0.15) is 5.75 Å². The second-order valence-electron chi connectivity index (χ2n) is 6.37. The topological polar surface area (TPSA) is 99.9 Å². The van der Waals surface area contributed by atoms with E-state index in [-0.39, 0.29) is 33.9 Å². The van der Waals surface area contributed by atoms with Gasteiger partial charge in [-0.15, -0.1) is 0 Å². The molecule has 0 bridgehead atoms. The van der Waals surface area contributed by atoms with E-state index in [0.29, 0.717) is 17.9 Å². The Morgan fingerprint density at radius 1 is 1.00 bits per heavy atom. The fourth-order valence-electron chi connectivity index (χ4n) is 2.80. The molecule has 0 heterocycles. The van der Waals surface area contributed by atoms with Crippen LogP contribution in [0, 0.1) is 10.1 Å². The van der Waals surface area contributed by atoms with Crippen molar-refractivity contribution in [1.29, 1.82) is 0 Å². The molecular formula is C22H19ClN2O6. The lowest BCUT2D eigenvalue weighted by molar-refractivity contribution is -0.385. The molecular weight excluding hydrogens is 424 g/mol. The van der Waals surface area contributed by atoms with Crippen molar-refractivity contribution in [2.24, 2.45) is 0 Å². The summed E-state index contributed by atoms with van der Waals surface area (Å²) in [4.78, 5) is 23.2. The van der Waals surface area contributed by atoms with Gasteiger partial charge in [0.05, 0.1) is 19.1 Å². The first-order valence-corrected chi connectivity index (χ1v) is 9.50. The number of benzene rings is 3. The van der Waals surface area contributed by atoms with Gasteiger partial charge in [-0.3, -0.25) is 14.9 Å². The molecule has 3 aromatic carbocycles. The van der Waals surface area contributed by atoms with Crippen LogP contribution in [0.5, 0.6) is 23.0 Å². The number of carbonyl (C=O) groups excluding carboxylic acids is 1. The number of nitrogens with one attached hydrogen (secondary N) is 1. The van der Waals surface area contributed by atoms with Crippen LogP contribution in [0.2, 0.25) is 5.02 Å². The summed E-state index contributed by atoms with van der Waals surface area (Å²) in [6, 6.07) is 16.0. The van der Waals surface area contributed by atoms with Crippen LogP contribution in [0.3, 0.4) is 0 Å². The summed E-state index contributed by atoms with van der Waals surface area (Å²) < 4.78 is 16.2. The third kappa shape index (κ3) is 5.43. The number of amides is 1. The summed E-state index contributed by atoms with van der Waals surface area (Å²) in [5, 5.41) is 14.3. The molecule has 0 saturated heterocycles. The van der Waals surface area contributed by atoms with Gasteiger partial charge in [-0.25, -0.2) is 0 Å². The number of nitro groups is 1. The van der Waals surface area contributed by atoms with Crippen molar-refractivity contribution in [1.82, 2.24) is 5.32 Å². The second kappa shape index (κ2) is 9.82.